The molecule has 0 saturated carbocycles. The predicted octanol–water partition coefficient (Wildman–Crippen LogP) is 3.17. The molecule has 0 aliphatic heterocycles. The molecule has 0 unspecified atom stereocenters. The van der Waals surface area contributed by atoms with Crippen molar-refractivity contribution in [3.05, 3.63) is 19.5 Å². The Kier molecular flexibility index (Phi) is 4.33. The van der Waals surface area contributed by atoms with E-state index in [1.165, 1.54) is 0 Å². The molecule has 68 valence electrons. The maximum Gasteiger partial charge on any atom is 0.147 e. The molecule has 0 aliphatic carbocycles. The SMILES string of the molecule is [B]c1c(Br)cc(Br)c(OCC)c1Br. The van der Waals surface area contributed by atoms with Gasteiger partial charge in [-0.3, -0.25) is 0 Å². The lowest BCUT2D eigenvalue weighted by atomic mass is 9.96. The molecule has 0 saturated heterocycles. The summed E-state index contributed by atoms with van der Waals surface area (Å²) in [7, 11) is 5.79. The van der Waals surface area contributed by atoms with Crippen LogP contribution in [0, 0.1) is 0 Å². The van der Waals surface area contributed by atoms with Crippen LogP contribution in [0.25, 0.3) is 0 Å². The van der Waals surface area contributed by atoms with Gasteiger partial charge in [-0.25, -0.2) is 0 Å². The van der Waals surface area contributed by atoms with Crippen LogP contribution in [0.4, 0.5) is 0 Å². The Hall–Kier alpha value is 0.525. The van der Waals surface area contributed by atoms with Crippen LogP contribution >= 0.6 is 47.8 Å². The summed E-state index contributed by atoms with van der Waals surface area (Å²) in [4.78, 5) is 0. The minimum absolute atomic E-state index is 0.609. The van der Waals surface area contributed by atoms with E-state index in [4.69, 9.17) is 12.6 Å². The molecule has 1 nitrogen and oxygen atoms in total. The van der Waals surface area contributed by atoms with Gasteiger partial charge < -0.3 is 4.74 Å². The van der Waals surface area contributed by atoms with Crippen molar-refractivity contribution in [3.63, 3.8) is 0 Å². The average molecular weight is 369 g/mol. The molecule has 5 heteroatoms. The number of ether oxygens (including phenoxy) is 1. The lowest BCUT2D eigenvalue weighted by molar-refractivity contribution is 0.336. The van der Waals surface area contributed by atoms with Gasteiger partial charge in [0.2, 0.25) is 0 Å². The van der Waals surface area contributed by atoms with E-state index in [2.05, 4.69) is 47.8 Å². The van der Waals surface area contributed by atoms with Gasteiger partial charge in [-0.05, 0) is 44.8 Å². The van der Waals surface area contributed by atoms with Crippen LogP contribution in [0.1, 0.15) is 6.92 Å². The highest BCUT2D eigenvalue weighted by atomic mass is 79.9. The summed E-state index contributed by atoms with van der Waals surface area (Å²) >= 11 is 10.1. The Morgan fingerprint density at radius 2 is 1.92 bits per heavy atom. The number of rotatable bonds is 2. The van der Waals surface area contributed by atoms with Crippen molar-refractivity contribution in [3.8, 4) is 5.75 Å². The highest BCUT2D eigenvalue weighted by molar-refractivity contribution is 9.11. The Bertz CT molecular complexity index is 328. The average Bonchev–Trinajstić information content (AvgIpc) is 2.09. The van der Waals surface area contributed by atoms with Crippen LogP contribution in [0.2, 0.25) is 0 Å². The van der Waals surface area contributed by atoms with Crippen molar-refractivity contribution < 1.29 is 4.74 Å². The van der Waals surface area contributed by atoms with Crippen LogP contribution in [-0.4, -0.2) is 14.5 Å². The summed E-state index contributed by atoms with van der Waals surface area (Å²) in [6.45, 7) is 2.54. The summed E-state index contributed by atoms with van der Waals surface area (Å²) in [6.07, 6.45) is 0. The van der Waals surface area contributed by atoms with Crippen molar-refractivity contribution in [2.24, 2.45) is 0 Å². The summed E-state index contributed by atoms with van der Waals surface area (Å²) in [6, 6.07) is 1.87. The van der Waals surface area contributed by atoms with Gasteiger partial charge in [0.1, 0.15) is 13.6 Å². The molecular weight excluding hydrogens is 363 g/mol. The standard InChI is InChI=1S/C8H6BBr3O/c1-2-13-8-5(11)3-4(10)6(9)7(8)12/h3H,2H2,1H3. The van der Waals surface area contributed by atoms with Crippen LogP contribution in [0.5, 0.6) is 5.75 Å². The molecule has 1 rings (SSSR count). The molecule has 13 heavy (non-hydrogen) atoms. The van der Waals surface area contributed by atoms with E-state index < -0.39 is 0 Å². The largest absolute Gasteiger partial charge is 0.492 e. The van der Waals surface area contributed by atoms with Crippen LogP contribution in [-0.2, 0) is 0 Å². The molecule has 0 bridgehead atoms. The van der Waals surface area contributed by atoms with E-state index in [0.29, 0.717) is 12.1 Å². The molecule has 0 aromatic heterocycles. The summed E-state index contributed by atoms with van der Waals surface area (Å²) in [5.74, 6) is 0.739. The molecular formula is C8H6BBr3O. The Labute approximate surface area is 104 Å². The highest BCUT2D eigenvalue weighted by Gasteiger charge is 2.11. The first-order chi connectivity index (χ1) is 6.07. The summed E-state index contributed by atoms with van der Waals surface area (Å²) in [5, 5.41) is 0. The lowest BCUT2D eigenvalue weighted by Gasteiger charge is -2.12. The maximum atomic E-state index is 5.79. The van der Waals surface area contributed by atoms with Gasteiger partial charge >= 0.3 is 0 Å². The molecule has 0 fully saturated rings. The predicted molar refractivity (Wildman–Crippen MR) is 66.1 cm³/mol. The van der Waals surface area contributed by atoms with E-state index in [1.807, 2.05) is 13.0 Å². The molecule has 1 aromatic carbocycles. The normalized spacial score (nSPS) is 10.2. The molecule has 0 atom stereocenters. The van der Waals surface area contributed by atoms with E-state index in [1.54, 1.807) is 0 Å². The van der Waals surface area contributed by atoms with E-state index in [9.17, 15) is 0 Å². The minimum atomic E-state index is 0.609. The zero-order valence-electron chi connectivity index (χ0n) is 6.90. The van der Waals surface area contributed by atoms with Gasteiger partial charge in [0.15, 0.2) is 0 Å². The molecule has 0 heterocycles. The summed E-state index contributed by atoms with van der Waals surface area (Å²) in [5.41, 5.74) is 0.645. The molecule has 0 spiro atoms. The lowest BCUT2D eigenvalue weighted by Crippen LogP contribution is -2.09. The third kappa shape index (κ3) is 2.51. The van der Waals surface area contributed by atoms with E-state index >= 15 is 0 Å². The van der Waals surface area contributed by atoms with Crippen molar-refractivity contribution in [1.82, 2.24) is 0 Å². The zero-order chi connectivity index (χ0) is 10.0. The zero-order valence-corrected chi connectivity index (χ0v) is 11.7. The Balaban J connectivity index is 3.26. The highest BCUT2D eigenvalue weighted by Crippen LogP contribution is 2.34. The van der Waals surface area contributed by atoms with Crippen molar-refractivity contribution in [1.29, 1.82) is 0 Å². The molecule has 0 amide bonds. The van der Waals surface area contributed by atoms with Crippen molar-refractivity contribution in [2.75, 3.05) is 6.61 Å². The Morgan fingerprint density at radius 1 is 1.31 bits per heavy atom. The van der Waals surface area contributed by atoms with Crippen LogP contribution in [0.3, 0.4) is 0 Å². The molecule has 0 N–H and O–H groups in total. The quantitative estimate of drug-likeness (QED) is 0.729. The third-order valence-corrected chi connectivity index (χ3v) is 3.48. The van der Waals surface area contributed by atoms with Gasteiger partial charge in [-0.2, -0.15) is 0 Å². The maximum absolute atomic E-state index is 5.79. The minimum Gasteiger partial charge on any atom is -0.492 e. The molecule has 1 aromatic rings. The number of hydrogen-bond donors (Lipinski definition) is 0. The number of benzene rings is 1. The van der Waals surface area contributed by atoms with Crippen LogP contribution in [0.15, 0.2) is 19.5 Å². The topological polar surface area (TPSA) is 9.23 Å². The van der Waals surface area contributed by atoms with Crippen molar-refractivity contribution in [2.45, 2.75) is 6.92 Å². The molecule has 2 radical (unpaired) electrons. The number of halogens is 3. The second-order valence-electron chi connectivity index (χ2n) is 2.33. The number of hydrogen-bond acceptors (Lipinski definition) is 1. The first-order valence-electron chi connectivity index (χ1n) is 3.63. The van der Waals surface area contributed by atoms with Crippen LogP contribution < -0.4 is 10.2 Å². The molecule has 0 aliphatic rings. The first-order valence-corrected chi connectivity index (χ1v) is 6.01. The third-order valence-electron chi connectivity index (χ3n) is 1.45. The monoisotopic (exact) mass is 366 g/mol. The van der Waals surface area contributed by atoms with Gasteiger partial charge in [0.05, 0.1) is 15.6 Å². The smallest absolute Gasteiger partial charge is 0.147 e. The van der Waals surface area contributed by atoms with E-state index in [0.717, 1.165) is 19.2 Å². The fourth-order valence-electron chi connectivity index (χ4n) is 0.863. The summed E-state index contributed by atoms with van der Waals surface area (Å²) < 4.78 is 7.90. The van der Waals surface area contributed by atoms with E-state index in [-0.39, 0.29) is 0 Å². The fourth-order valence-corrected chi connectivity index (χ4v) is 3.21. The van der Waals surface area contributed by atoms with Gasteiger partial charge in [-0.15, -0.1) is 0 Å². The van der Waals surface area contributed by atoms with Gasteiger partial charge in [-0.1, -0.05) is 21.4 Å². The second-order valence-corrected chi connectivity index (χ2v) is 4.83. The second kappa shape index (κ2) is 4.85. The first kappa shape index (κ1) is 11.6. The fraction of sp³-hybridized carbons (Fsp3) is 0.250. The van der Waals surface area contributed by atoms with Gasteiger partial charge in [0, 0.05) is 4.47 Å². The van der Waals surface area contributed by atoms with Gasteiger partial charge in [0.25, 0.3) is 0 Å². The van der Waals surface area contributed by atoms with Crippen molar-refractivity contribution >= 4 is 61.1 Å². The Morgan fingerprint density at radius 3 is 2.46 bits per heavy atom.